The van der Waals surface area contributed by atoms with Crippen molar-refractivity contribution in [3.8, 4) is 5.75 Å². The SMILES string of the molecule is CCCO[C@@](C)(CC(C)C)C(=O)Nc1ccc(O[C@H](C)CC)c(C)c1. The van der Waals surface area contributed by atoms with Gasteiger partial charge in [0.05, 0.1) is 6.10 Å². The predicted molar refractivity (Wildman–Crippen MR) is 104 cm³/mol. The molecule has 4 nitrogen and oxygen atoms in total. The summed E-state index contributed by atoms with van der Waals surface area (Å²) in [7, 11) is 0. The predicted octanol–water partition coefficient (Wildman–Crippen LogP) is 5.34. The second-order valence-electron chi connectivity index (χ2n) is 7.45. The summed E-state index contributed by atoms with van der Waals surface area (Å²) < 4.78 is 11.8. The number of aryl methyl sites for hydroxylation is 1. The van der Waals surface area contributed by atoms with Gasteiger partial charge in [0.25, 0.3) is 5.91 Å². The molecule has 1 rings (SSSR count). The van der Waals surface area contributed by atoms with Crippen molar-refractivity contribution in [2.24, 2.45) is 5.92 Å². The molecule has 0 aliphatic rings. The van der Waals surface area contributed by atoms with Crippen molar-refractivity contribution in [2.45, 2.75) is 79.4 Å². The number of carbonyl (C=O) groups excluding carboxylic acids is 1. The maximum absolute atomic E-state index is 12.8. The number of amides is 1. The summed E-state index contributed by atoms with van der Waals surface area (Å²) in [4.78, 5) is 12.8. The quantitative estimate of drug-likeness (QED) is 0.620. The van der Waals surface area contributed by atoms with E-state index in [1.54, 1.807) is 0 Å². The van der Waals surface area contributed by atoms with Crippen LogP contribution in [-0.2, 0) is 9.53 Å². The van der Waals surface area contributed by atoms with Crippen LogP contribution in [0, 0.1) is 12.8 Å². The summed E-state index contributed by atoms with van der Waals surface area (Å²) in [6.07, 6.45) is 2.71. The zero-order valence-corrected chi connectivity index (χ0v) is 16.9. The van der Waals surface area contributed by atoms with E-state index in [2.05, 4.69) is 33.0 Å². The van der Waals surface area contributed by atoms with Crippen LogP contribution in [0.25, 0.3) is 0 Å². The highest BCUT2D eigenvalue weighted by molar-refractivity contribution is 5.97. The minimum absolute atomic E-state index is 0.0929. The molecule has 0 saturated heterocycles. The monoisotopic (exact) mass is 349 g/mol. The van der Waals surface area contributed by atoms with Gasteiger partial charge in [-0.2, -0.15) is 0 Å². The number of ether oxygens (including phenoxy) is 2. The molecule has 142 valence electrons. The maximum Gasteiger partial charge on any atom is 0.256 e. The zero-order chi connectivity index (χ0) is 19.0. The Balaban J connectivity index is 2.87. The van der Waals surface area contributed by atoms with Crippen molar-refractivity contribution < 1.29 is 14.3 Å². The molecule has 0 radical (unpaired) electrons. The van der Waals surface area contributed by atoms with Gasteiger partial charge >= 0.3 is 0 Å². The molecule has 0 aromatic heterocycles. The fourth-order valence-corrected chi connectivity index (χ4v) is 2.75. The highest BCUT2D eigenvalue weighted by atomic mass is 16.5. The number of benzene rings is 1. The van der Waals surface area contributed by atoms with Gasteiger partial charge in [0, 0.05) is 12.3 Å². The lowest BCUT2D eigenvalue weighted by Gasteiger charge is -2.30. The molecule has 1 N–H and O–H groups in total. The van der Waals surface area contributed by atoms with Crippen LogP contribution in [0.4, 0.5) is 5.69 Å². The molecule has 1 aromatic carbocycles. The summed E-state index contributed by atoms with van der Waals surface area (Å²) in [6, 6.07) is 5.76. The standard InChI is InChI=1S/C21H35NO3/c1-8-12-24-21(7,14-15(3)4)20(23)22-18-10-11-19(16(5)13-18)25-17(6)9-2/h10-11,13,15,17H,8-9,12,14H2,1-7H3,(H,22,23)/t17-,21+/m1/s1. The first-order valence-electron chi connectivity index (χ1n) is 9.44. The Morgan fingerprint density at radius 1 is 1.24 bits per heavy atom. The minimum Gasteiger partial charge on any atom is -0.490 e. The number of nitrogens with one attached hydrogen (secondary N) is 1. The van der Waals surface area contributed by atoms with Crippen LogP contribution in [0.5, 0.6) is 5.75 Å². The van der Waals surface area contributed by atoms with Gasteiger partial charge in [0.15, 0.2) is 0 Å². The van der Waals surface area contributed by atoms with Crippen LogP contribution in [0.3, 0.4) is 0 Å². The van der Waals surface area contributed by atoms with Crippen molar-refractivity contribution in [2.75, 3.05) is 11.9 Å². The molecule has 0 fully saturated rings. The van der Waals surface area contributed by atoms with Crippen molar-refractivity contribution in [3.63, 3.8) is 0 Å². The summed E-state index contributed by atoms with van der Waals surface area (Å²) in [5, 5.41) is 3.01. The van der Waals surface area contributed by atoms with Crippen molar-refractivity contribution in [3.05, 3.63) is 23.8 Å². The number of hydrogen-bond acceptors (Lipinski definition) is 3. The maximum atomic E-state index is 12.8. The van der Waals surface area contributed by atoms with E-state index >= 15 is 0 Å². The van der Waals surface area contributed by atoms with Gasteiger partial charge in [0.2, 0.25) is 0 Å². The van der Waals surface area contributed by atoms with Gasteiger partial charge in [0.1, 0.15) is 11.4 Å². The molecule has 1 aromatic rings. The summed E-state index contributed by atoms with van der Waals surface area (Å²) in [5.41, 5.74) is 0.969. The van der Waals surface area contributed by atoms with E-state index in [1.165, 1.54) is 0 Å². The second kappa shape index (κ2) is 9.81. The first-order valence-corrected chi connectivity index (χ1v) is 9.44. The Bertz CT molecular complexity index is 556. The van der Waals surface area contributed by atoms with E-state index in [0.717, 1.165) is 29.8 Å². The molecule has 0 bridgehead atoms. The minimum atomic E-state index is -0.815. The van der Waals surface area contributed by atoms with Crippen molar-refractivity contribution in [1.82, 2.24) is 0 Å². The molecule has 0 saturated carbocycles. The molecule has 25 heavy (non-hydrogen) atoms. The topological polar surface area (TPSA) is 47.6 Å². The van der Waals surface area contributed by atoms with Gasteiger partial charge in [-0.15, -0.1) is 0 Å². The third-order valence-electron chi connectivity index (χ3n) is 4.24. The first kappa shape index (κ1) is 21.5. The average molecular weight is 350 g/mol. The van der Waals surface area contributed by atoms with E-state index in [0.29, 0.717) is 18.9 Å². The third-order valence-corrected chi connectivity index (χ3v) is 4.24. The van der Waals surface area contributed by atoms with E-state index in [-0.39, 0.29) is 12.0 Å². The van der Waals surface area contributed by atoms with Gasteiger partial charge in [-0.3, -0.25) is 4.79 Å². The van der Waals surface area contributed by atoms with Crippen molar-refractivity contribution in [1.29, 1.82) is 0 Å². The molecule has 0 spiro atoms. The summed E-state index contributed by atoms with van der Waals surface area (Å²) >= 11 is 0. The van der Waals surface area contributed by atoms with Crippen LogP contribution >= 0.6 is 0 Å². The van der Waals surface area contributed by atoms with Crippen LogP contribution in [0.2, 0.25) is 0 Å². The van der Waals surface area contributed by atoms with Gasteiger partial charge < -0.3 is 14.8 Å². The summed E-state index contributed by atoms with van der Waals surface area (Å²) in [5.74, 6) is 1.14. The van der Waals surface area contributed by atoms with Crippen LogP contribution in [-0.4, -0.2) is 24.2 Å². The average Bonchev–Trinajstić information content (AvgIpc) is 2.54. The largest absolute Gasteiger partial charge is 0.490 e. The van der Waals surface area contributed by atoms with Gasteiger partial charge in [-0.05, 0) is 69.7 Å². The molecule has 1 amide bonds. The Kier molecular flexibility index (Phi) is 8.43. The van der Waals surface area contributed by atoms with E-state index < -0.39 is 5.60 Å². The number of hydrogen-bond donors (Lipinski definition) is 1. The second-order valence-corrected chi connectivity index (χ2v) is 7.45. The number of carbonyl (C=O) groups is 1. The lowest BCUT2D eigenvalue weighted by atomic mass is 9.93. The molecule has 0 unspecified atom stereocenters. The van der Waals surface area contributed by atoms with Crippen LogP contribution in [0.15, 0.2) is 18.2 Å². The Hall–Kier alpha value is -1.55. The lowest BCUT2D eigenvalue weighted by Crippen LogP contribution is -2.44. The number of rotatable bonds is 10. The highest BCUT2D eigenvalue weighted by Crippen LogP contribution is 2.27. The smallest absolute Gasteiger partial charge is 0.256 e. The number of anilines is 1. The Morgan fingerprint density at radius 3 is 2.44 bits per heavy atom. The highest BCUT2D eigenvalue weighted by Gasteiger charge is 2.35. The Morgan fingerprint density at radius 2 is 1.92 bits per heavy atom. The molecular formula is C21H35NO3. The molecule has 0 heterocycles. The van der Waals surface area contributed by atoms with Crippen molar-refractivity contribution >= 4 is 11.6 Å². The Labute approximate surface area is 153 Å². The molecular weight excluding hydrogens is 314 g/mol. The third kappa shape index (κ3) is 6.69. The normalized spacial score (nSPS) is 14.9. The molecule has 0 aliphatic heterocycles. The summed E-state index contributed by atoms with van der Waals surface area (Å²) in [6.45, 7) is 14.9. The fraction of sp³-hybridized carbons (Fsp3) is 0.667. The molecule has 4 heteroatoms. The molecule has 0 aliphatic carbocycles. The fourth-order valence-electron chi connectivity index (χ4n) is 2.75. The van der Waals surface area contributed by atoms with E-state index in [9.17, 15) is 4.79 Å². The lowest BCUT2D eigenvalue weighted by molar-refractivity contribution is -0.141. The van der Waals surface area contributed by atoms with Crippen LogP contribution < -0.4 is 10.1 Å². The van der Waals surface area contributed by atoms with E-state index in [4.69, 9.17) is 9.47 Å². The first-order chi connectivity index (χ1) is 11.7. The van der Waals surface area contributed by atoms with E-state index in [1.807, 2.05) is 39.0 Å². The zero-order valence-electron chi connectivity index (χ0n) is 16.9. The van der Waals surface area contributed by atoms with Gasteiger partial charge in [-0.1, -0.05) is 27.7 Å². The van der Waals surface area contributed by atoms with Gasteiger partial charge in [-0.25, -0.2) is 0 Å². The van der Waals surface area contributed by atoms with Crippen LogP contribution in [0.1, 0.15) is 66.4 Å². The molecule has 2 atom stereocenters.